The molecule has 8 heteroatoms. The Morgan fingerprint density at radius 1 is 1.19 bits per heavy atom. The summed E-state index contributed by atoms with van der Waals surface area (Å²) in [5.74, 6) is 2.38. The lowest BCUT2D eigenvalue weighted by Crippen LogP contribution is -2.46. The van der Waals surface area contributed by atoms with Crippen LogP contribution in [-0.4, -0.2) is 61.2 Å². The molecule has 2 fully saturated rings. The molecule has 3 heterocycles. The fourth-order valence-electron chi connectivity index (χ4n) is 4.71. The summed E-state index contributed by atoms with van der Waals surface area (Å²) >= 11 is 6.32. The number of benzene rings is 1. The highest BCUT2D eigenvalue weighted by atomic mass is 127. The monoisotopic (exact) mass is 568 g/mol. The predicted molar refractivity (Wildman–Crippen MR) is 144 cm³/mol. The van der Waals surface area contributed by atoms with Gasteiger partial charge in [-0.3, -0.25) is 9.89 Å². The van der Waals surface area contributed by atoms with E-state index in [0.29, 0.717) is 23.0 Å². The van der Waals surface area contributed by atoms with Crippen molar-refractivity contribution in [3.63, 3.8) is 0 Å². The van der Waals surface area contributed by atoms with Gasteiger partial charge < -0.3 is 15.5 Å². The normalized spacial score (nSPS) is 23.8. The van der Waals surface area contributed by atoms with Crippen LogP contribution in [0, 0.1) is 5.92 Å². The third-order valence-corrected chi connectivity index (χ3v) is 6.66. The lowest BCUT2D eigenvalue weighted by Gasteiger charge is -2.22. The molecule has 32 heavy (non-hydrogen) atoms. The highest BCUT2D eigenvalue weighted by molar-refractivity contribution is 14.0. The summed E-state index contributed by atoms with van der Waals surface area (Å²) in [5.41, 5.74) is 1.39. The zero-order chi connectivity index (χ0) is 21.6. The molecule has 0 saturated carbocycles. The van der Waals surface area contributed by atoms with Gasteiger partial charge in [0.25, 0.3) is 0 Å². The van der Waals surface area contributed by atoms with E-state index in [1.54, 1.807) is 6.20 Å². The van der Waals surface area contributed by atoms with E-state index in [0.717, 1.165) is 50.9 Å². The Kier molecular flexibility index (Phi) is 9.43. The van der Waals surface area contributed by atoms with Crippen LogP contribution in [-0.2, 0) is 6.54 Å². The van der Waals surface area contributed by atoms with Crippen molar-refractivity contribution < 1.29 is 0 Å². The molecule has 3 unspecified atom stereocenters. The summed E-state index contributed by atoms with van der Waals surface area (Å²) in [6, 6.07) is 15.5. The number of rotatable bonds is 6. The molecule has 2 aromatic rings. The van der Waals surface area contributed by atoms with Gasteiger partial charge in [-0.05, 0) is 43.4 Å². The predicted octanol–water partition coefficient (Wildman–Crippen LogP) is 4.01. The molecule has 6 nitrogen and oxygen atoms in total. The third kappa shape index (κ3) is 6.48. The Bertz CT molecular complexity index is 880. The van der Waals surface area contributed by atoms with Crippen LogP contribution >= 0.6 is 35.6 Å². The van der Waals surface area contributed by atoms with Gasteiger partial charge in [-0.25, -0.2) is 4.98 Å². The molecule has 3 atom stereocenters. The van der Waals surface area contributed by atoms with Crippen LogP contribution in [0.4, 0.5) is 5.82 Å². The fraction of sp³-hybridized carbons (Fsp3) is 0.500. The van der Waals surface area contributed by atoms with Gasteiger partial charge in [-0.1, -0.05) is 41.9 Å². The lowest BCUT2D eigenvalue weighted by atomic mass is 10.1. The highest BCUT2D eigenvalue weighted by Gasteiger charge is 2.29. The SMILES string of the molecule is CN=C(NCC1CC(C)N(Cc2ccccc2)C1)NC1CCN(c2ncccc2Cl)C1.I. The summed E-state index contributed by atoms with van der Waals surface area (Å²) < 4.78 is 0. The van der Waals surface area contributed by atoms with Crippen LogP contribution in [0.1, 0.15) is 25.3 Å². The fourth-order valence-corrected chi connectivity index (χ4v) is 4.95. The quantitative estimate of drug-likeness (QED) is 0.313. The maximum Gasteiger partial charge on any atom is 0.191 e. The molecule has 2 saturated heterocycles. The molecule has 1 aromatic heterocycles. The first kappa shape index (κ1) is 25.1. The minimum absolute atomic E-state index is 0. The molecule has 2 aliphatic heterocycles. The number of nitrogens with zero attached hydrogens (tertiary/aromatic N) is 4. The third-order valence-electron chi connectivity index (χ3n) is 6.37. The van der Waals surface area contributed by atoms with Gasteiger partial charge in [0.15, 0.2) is 5.96 Å². The Labute approximate surface area is 213 Å². The Balaban J connectivity index is 0.00000289. The van der Waals surface area contributed by atoms with Crippen molar-refractivity contribution in [1.29, 1.82) is 0 Å². The van der Waals surface area contributed by atoms with E-state index < -0.39 is 0 Å². The van der Waals surface area contributed by atoms with Crippen LogP contribution in [0.2, 0.25) is 5.02 Å². The summed E-state index contributed by atoms with van der Waals surface area (Å²) in [4.78, 5) is 13.7. The number of likely N-dealkylation sites (tertiary alicyclic amines) is 1. The second-order valence-electron chi connectivity index (χ2n) is 8.70. The van der Waals surface area contributed by atoms with E-state index in [-0.39, 0.29) is 24.0 Å². The number of hydrogen-bond donors (Lipinski definition) is 2. The smallest absolute Gasteiger partial charge is 0.191 e. The van der Waals surface area contributed by atoms with E-state index in [2.05, 4.69) is 67.7 Å². The zero-order valence-corrected chi connectivity index (χ0v) is 22.0. The molecule has 0 spiro atoms. The number of nitrogens with one attached hydrogen (secondary N) is 2. The molecule has 0 radical (unpaired) electrons. The van der Waals surface area contributed by atoms with Crippen LogP contribution in [0.5, 0.6) is 0 Å². The van der Waals surface area contributed by atoms with Crippen LogP contribution in [0.3, 0.4) is 0 Å². The molecule has 174 valence electrons. The molecule has 2 aliphatic rings. The van der Waals surface area contributed by atoms with Crippen molar-refractivity contribution in [3.05, 3.63) is 59.2 Å². The van der Waals surface area contributed by atoms with Crippen molar-refractivity contribution in [1.82, 2.24) is 20.5 Å². The molecule has 0 amide bonds. The molecule has 0 bridgehead atoms. The minimum atomic E-state index is 0. The van der Waals surface area contributed by atoms with Crippen molar-refractivity contribution in [2.24, 2.45) is 10.9 Å². The van der Waals surface area contributed by atoms with Gasteiger partial charge in [0.1, 0.15) is 5.82 Å². The zero-order valence-electron chi connectivity index (χ0n) is 18.9. The number of halogens is 2. The number of aliphatic imine (C=N–C) groups is 1. The van der Waals surface area contributed by atoms with Gasteiger partial charge >= 0.3 is 0 Å². The van der Waals surface area contributed by atoms with Crippen LogP contribution < -0.4 is 15.5 Å². The van der Waals surface area contributed by atoms with E-state index in [9.17, 15) is 0 Å². The maximum atomic E-state index is 6.32. The second-order valence-corrected chi connectivity index (χ2v) is 9.11. The second kappa shape index (κ2) is 12.0. The molecule has 0 aliphatic carbocycles. The summed E-state index contributed by atoms with van der Waals surface area (Å²) in [6.07, 6.45) is 4.05. The molecule has 2 N–H and O–H groups in total. The van der Waals surface area contributed by atoms with Crippen molar-refractivity contribution >= 4 is 47.4 Å². The summed E-state index contributed by atoms with van der Waals surface area (Å²) in [5, 5.41) is 7.85. The Morgan fingerprint density at radius 3 is 2.75 bits per heavy atom. The molecule has 1 aromatic carbocycles. The molecule has 4 rings (SSSR count). The van der Waals surface area contributed by atoms with Crippen LogP contribution in [0.15, 0.2) is 53.7 Å². The van der Waals surface area contributed by atoms with E-state index >= 15 is 0 Å². The molecular weight excluding hydrogens is 535 g/mol. The number of hydrogen-bond acceptors (Lipinski definition) is 4. The minimum Gasteiger partial charge on any atom is -0.356 e. The van der Waals surface area contributed by atoms with Crippen molar-refractivity contribution in [3.8, 4) is 0 Å². The van der Waals surface area contributed by atoms with E-state index in [1.807, 2.05) is 19.2 Å². The van der Waals surface area contributed by atoms with E-state index in [1.165, 1.54) is 12.0 Å². The van der Waals surface area contributed by atoms with Crippen LogP contribution in [0.25, 0.3) is 0 Å². The van der Waals surface area contributed by atoms with Gasteiger partial charge in [0.05, 0.1) is 5.02 Å². The first-order valence-electron chi connectivity index (χ1n) is 11.2. The van der Waals surface area contributed by atoms with Gasteiger partial charge in [0, 0.05) is 58.1 Å². The van der Waals surface area contributed by atoms with Crippen molar-refractivity contribution in [2.75, 3.05) is 38.1 Å². The topological polar surface area (TPSA) is 55.8 Å². The van der Waals surface area contributed by atoms with E-state index in [4.69, 9.17) is 11.6 Å². The largest absolute Gasteiger partial charge is 0.356 e. The van der Waals surface area contributed by atoms with Gasteiger partial charge in [0.2, 0.25) is 0 Å². The summed E-state index contributed by atoms with van der Waals surface area (Å²) in [6.45, 7) is 7.25. The number of pyridine rings is 1. The van der Waals surface area contributed by atoms with Gasteiger partial charge in [-0.15, -0.1) is 24.0 Å². The maximum absolute atomic E-state index is 6.32. The molecular formula is C24H34ClIN6. The number of guanidine groups is 1. The average molecular weight is 569 g/mol. The average Bonchev–Trinajstić information content (AvgIpc) is 3.38. The standard InChI is InChI=1S/C24H33ClN6.HI/c1-18-13-20(16-31(18)15-19-7-4-3-5-8-19)14-28-24(26-2)29-21-10-12-30(17-21)23-22(25)9-6-11-27-23;/h3-9,11,18,20-21H,10,12-17H2,1-2H3,(H2,26,28,29);1H. The van der Waals surface area contributed by atoms with Crippen molar-refractivity contribution in [2.45, 2.75) is 38.4 Å². The summed E-state index contributed by atoms with van der Waals surface area (Å²) in [7, 11) is 1.84. The Morgan fingerprint density at radius 2 is 2.00 bits per heavy atom. The van der Waals surface area contributed by atoms with Gasteiger partial charge in [-0.2, -0.15) is 0 Å². The lowest BCUT2D eigenvalue weighted by molar-refractivity contribution is 0.255. The number of anilines is 1. The first-order valence-corrected chi connectivity index (χ1v) is 11.6. The first-order chi connectivity index (χ1) is 15.1. The Hall–Kier alpha value is -1.58. The number of aromatic nitrogens is 1. The highest BCUT2D eigenvalue weighted by Crippen LogP contribution is 2.26.